The van der Waals surface area contributed by atoms with Crippen LogP contribution in [0.3, 0.4) is 0 Å². The van der Waals surface area contributed by atoms with Crippen molar-refractivity contribution in [3.63, 3.8) is 0 Å². The normalized spacial score (nSPS) is 40.0. The van der Waals surface area contributed by atoms with Gasteiger partial charge in [-0.1, -0.05) is 0 Å². The van der Waals surface area contributed by atoms with Gasteiger partial charge in [0, 0.05) is 0 Å². The average Bonchev–Trinajstić information content (AvgIpc) is 3.21. The van der Waals surface area contributed by atoms with Crippen molar-refractivity contribution < 1.29 is 66.8 Å². The van der Waals surface area contributed by atoms with Gasteiger partial charge in [-0.05, 0) is 27.7 Å². The summed E-state index contributed by atoms with van der Waals surface area (Å²) in [6.45, 7) is 5.69. The molecule has 4 aliphatic rings. The molecule has 4 fully saturated rings. The van der Waals surface area contributed by atoms with Crippen molar-refractivity contribution in [2.24, 2.45) is 45.3 Å². The molecule has 4 rings (SSSR count). The summed E-state index contributed by atoms with van der Waals surface area (Å²) >= 11 is 0. The Bertz CT molecular complexity index is 1080. The Balaban J connectivity index is 0.000000219. The molecule has 208 valence electrons. The van der Waals surface area contributed by atoms with Crippen molar-refractivity contribution in [2.75, 3.05) is 28.4 Å². The number of cyclic esters (lactones) is 4. The molecule has 0 spiro atoms. The van der Waals surface area contributed by atoms with E-state index in [4.69, 9.17) is 9.47 Å². The van der Waals surface area contributed by atoms with E-state index in [0.717, 1.165) is 28.4 Å². The SMILES string of the molecule is CC12C(=O)OC(=O)C1C1C(=O)OC(=O)C12C.COC(=O)C1C(C(=O)OC)C(C)(C(=O)OC)C1(C)C(=O)OC. The van der Waals surface area contributed by atoms with Crippen LogP contribution in [0.4, 0.5) is 0 Å². The topological polar surface area (TPSA) is 192 Å². The van der Waals surface area contributed by atoms with Gasteiger partial charge in [0.2, 0.25) is 0 Å². The lowest BCUT2D eigenvalue weighted by atomic mass is 9.39. The molecule has 2 aliphatic heterocycles. The van der Waals surface area contributed by atoms with Crippen LogP contribution >= 0.6 is 0 Å². The standard InChI is InChI=1S/C14H20O8.C10H8O6/c1-13(11(17)21-5)7(9(15)19-3)8(10(16)20-4)14(13,2)12(18)22-6;1-9-3(5(11)15-7(9)13)4-6(12)16-8(14)10(4,9)2/h7-8H,1-6H3;3-4H,1-2H3. The molecule has 2 saturated carbocycles. The van der Waals surface area contributed by atoms with Crippen LogP contribution in [0.1, 0.15) is 27.7 Å². The van der Waals surface area contributed by atoms with Gasteiger partial charge >= 0.3 is 47.8 Å². The van der Waals surface area contributed by atoms with Crippen molar-refractivity contribution in [3.8, 4) is 0 Å². The summed E-state index contributed by atoms with van der Waals surface area (Å²) in [5.41, 5.74) is -5.72. The van der Waals surface area contributed by atoms with Gasteiger partial charge in [-0.25, -0.2) is 0 Å². The highest BCUT2D eigenvalue weighted by Crippen LogP contribution is 2.71. The fourth-order valence-corrected chi connectivity index (χ4v) is 6.48. The van der Waals surface area contributed by atoms with E-state index in [1.165, 1.54) is 27.7 Å². The zero-order chi connectivity index (χ0) is 29.2. The highest BCUT2D eigenvalue weighted by Gasteiger charge is 2.86. The molecule has 0 aromatic rings. The van der Waals surface area contributed by atoms with Crippen molar-refractivity contribution in [1.29, 1.82) is 0 Å². The second-order valence-corrected chi connectivity index (χ2v) is 10.2. The van der Waals surface area contributed by atoms with E-state index in [2.05, 4.69) is 18.9 Å². The van der Waals surface area contributed by atoms with E-state index >= 15 is 0 Å². The van der Waals surface area contributed by atoms with Crippen LogP contribution in [0, 0.1) is 45.3 Å². The zero-order valence-electron chi connectivity index (χ0n) is 22.0. The molecule has 0 bridgehead atoms. The molecular weight excluding hydrogens is 512 g/mol. The monoisotopic (exact) mass is 540 g/mol. The largest absolute Gasteiger partial charge is 0.469 e. The van der Waals surface area contributed by atoms with Gasteiger partial charge in [0.1, 0.15) is 0 Å². The first kappa shape index (κ1) is 28.7. The molecule has 14 heteroatoms. The van der Waals surface area contributed by atoms with Crippen LogP contribution in [0.25, 0.3) is 0 Å². The number of hydrogen-bond acceptors (Lipinski definition) is 14. The van der Waals surface area contributed by atoms with Crippen LogP contribution < -0.4 is 0 Å². The lowest BCUT2D eigenvalue weighted by Crippen LogP contribution is -2.73. The lowest BCUT2D eigenvalue weighted by Gasteiger charge is -2.59. The summed E-state index contributed by atoms with van der Waals surface area (Å²) < 4.78 is 27.8. The van der Waals surface area contributed by atoms with Crippen molar-refractivity contribution in [1.82, 2.24) is 0 Å². The lowest BCUT2D eigenvalue weighted by molar-refractivity contribution is -0.237. The Hall–Kier alpha value is -3.84. The molecule has 38 heavy (non-hydrogen) atoms. The van der Waals surface area contributed by atoms with Crippen LogP contribution in [-0.2, 0) is 66.8 Å². The number of esters is 8. The van der Waals surface area contributed by atoms with Gasteiger partial charge in [-0.3, -0.25) is 38.4 Å². The molecule has 0 amide bonds. The van der Waals surface area contributed by atoms with Crippen molar-refractivity contribution in [3.05, 3.63) is 0 Å². The van der Waals surface area contributed by atoms with Crippen LogP contribution in [-0.4, -0.2) is 76.2 Å². The summed E-state index contributed by atoms with van der Waals surface area (Å²) in [6, 6.07) is 0. The van der Waals surface area contributed by atoms with Crippen LogP contribution in [0.15, 0.2) is 0 Å². The minimum atomic E-state index is -1.61. The third kappa shape index (κ3) is 2.99. The Morgan fingerprint density at radius 2 is 0.868 bits per heavy atom. The van der Waals surface area contributed by atoms with Gasteiger partial charge in [0.25, 0.3) is 0 Å². The predicted octanol–water partition coefficient (Wildman–Crippen LogP) is -0.651. The number of hydrogen-bond donors (Lipinski definition) is 0. The van der Waals surface area contributed by atoms with E-state index in [0.29, 0.717) is 0 Å². The Morgan fingerprint density at radius 1 is 0.579 bits per heavy atom. The van der Waals surface area contributed by atoms with Gasteiger partial charge < -0.3 is 28.4 Å². The van der Waals surface area contributed by atoms with E-state index in [1.807, 2.05) is 0 Å². The molecular formula is C24H28O14. The predicted molar refractivity (Wildman–Crippen MR) is 117 cm³/mol. The minimum Gasteiger partial charge on any atom is -0.469 e. The van der Waals surface area contributed by atoms with E-state index < -0.39 is 93.1 Å². The van der Waals surface area contributed by atoms with Crippen LogP contribution in [0.2, 0.25) is 0 Å². The molecule has 0 N–H and O–H groups in total. The second-order valence-electron chi connectivity index (χ2n) is 10.2. The third-order valence-corrected chi connectivity index (χ3v) is 9.18. The highest BCUT2D eigenvalue weighted by molar-refractivity contribution is 6.14. The number of ether oxygens (including phenoxy) is 6. The van der Waals surface area contributed by atoms with Crippen molar-refractivity contribution >= 4 is 47.8 Å². The maximum atomic E-state index is 12.2. The summed E-state index contributed by atoms with van der Waals surface area (Å²) in [5, 5.41) is 0. The second kappa shape index (κ2) is 8.88. The first-order valence-corrected chi connectivity index (χ1v) is 11.4. The summed E-state index contributed by atoms with van der Waals surface area (Å²) in [5.74, 6) is -10.3. The molecule has 2 aliphatic carbocycles. The smallest absolute Gasteiger partial charge is 0.321 e. The van der Waals surface area contributed by atoms with Crippen LogP contribution in [0.5, 0.6) is 0 Å². The molecule has 0 aromatic heterocycles. The van der Waals surface area contributed by atoms with Gasteiger partial charge in [0.15, 0.2) is 0 Å². The third-order valence-electron chi connectivity index (χ3n) is 9.18. The number of carbonyl (C=O) groups is 8. The highest BCUT2D eigenvalue weighted by atomic mass is 16.6. The maximum absolute atomic E-state index is 12.2. The summed E-state index contributed by atoms with van der Waals surface area (Å²) in [4.78, 5) is 94.7. The van der Waals surface area contributed by atoms with Crippen molar-refractivity contribution in [2.45, 2.75) is 27.7 Å². The first-order chi connectivity index (χ1) is 17.5. The molecule has 14 nitrogen and oxygen atoms in total. The number of rotatable bonds is 4. The fraction of sp³-hybridized carbons (Fsp3) is 0.667. The number of carbonyl (C=O) groups excluding carboxylic acids is 8. The summed E-state index contributed by atoms with van der Waals surface area (Å²) in [6.07, 6.45) is 0. The molecule has 0 radical (unpaired) electrons. The molecule has 2 heterocycles. The number of fused-ring (bicyclic) bond motifs is 4. The zero-order valence-corrected chi connectivity index (χ0v) is 22.0. The Labute approximate surface area is 216 Å². The Morgan fingerprint density at radius 3 is 1.11 bits per heavy atom. The minimum absolute atomic E-state index is 0.735. The molecule has 8 unspecified atom stereocenters. The molecule has 0 aromatic carbocycles. The Kier molecular flexibility index (Phi) is 6.71. The van der Waals surface area contributed by atoms with Gasteiger partial charge in [0.05, 0.1) is 73.8 Å². The summed E-state index contributed by atoms with van der Waals surface area (Å²) in [7, 11) is 4.51. The number of methoxy groups -OCH3 is 4. The molecule has 8 atom stereocenters. The van der Waals surface area contributed by atoms with E-state index in [-0.39, 0.29) is 0 Å². The van der Waals surface area contributed by atoms with Gasteiger partial charge in [-0.15, -0.1) is 0 Å². The van der Waals surface area contributed by atoms with E-state index in [9.17, 15) is 38.4 Å². The maximum Gasteiger partial charge on any atom is 0.321 e. The van der Waals surface area contributed by atoms with E-state index in [1.54, 1.807) is 0 Å². The fourth-order valence-electron chi connectivity index (χ4n) is 6.48. The van der Waals surface area contributed by atoms with Gasteiger partial charge in [-0.2, -0.15) is 0 Å². The quantitative estimate of drug-likeness (QED) is 0.248. The first-order valence-electron chi connectivity index (χ1n) is 11.4. The molecule has 2 saturated heterocycles. The average molecular weight is 540 g/mol.